The summed E-state index contributed by atoms with van der Waals surface area (Å²) in [6.07, 6.45) is 3.66. The van der Waals surface area contributed by atoms with Gasteiger partial charge in [-0.25, -0.2) is 13.4 Å². The lowest BCUT2D eigenvalue weighted by molar-refractivity contribution is 0.381. The Morgan fingerprint density at radius 1 is 1.07 bits per heavy atom. The van der Waals surface area contributed by atoms with Crippen LogP contribution in [0.1, 0.15) is 11.3 Å². The Kier molecular flexibility index (Phi) is 6.38. The van der Waals surface area contributed by atoms with Gasteiger partial charge in [0.1, 0.15) is 18.2 Å². The smallest absolute Gasteiger partial charge is 0.263 e. The first-order valence-electron chi connectivity index (χ1n) is 8.96. The van der Waals surface area contributed by atoms with Crippen LogP contribution in [0.4, 0.5) is 5.82 Å². The van der Waals surface area contributed by atoms with Gasteiger partial charge >= 0.3 is 0 Å². The average molecular weight is 420 g/mol. The number of pyridine rings is 1. The number of sulfonamides is 1. The average Bonchev–Trinajstić information content (AvgIpc) is 2.77. The Balaban J connectivity index is 1.99. The molecule has 8 heteroatoms. The molecule has 0 unspecified atom stereocenters. The number of aromatic nitrogens is 1. The van der Waals surface area contributed by atoms with Gasteiger partial charge in [0, 0.05) is 23.6 Å². The Hall–Kier alpha value is -3.78. The summed E-state index contributed by atoms with van der Waals surface area (Å²) in [5, 5.41) is 14.9. The van der Waals surface area contributed by atoms with Crippen molar-refractivity contribution in [1.82, 2.24) is 4.98 Å². The molecule has 0 aliphatic carbocycles. The molecule has 0 radical (unpaired) electrons. The van der Waals surface area contributed by atoms with E-state index >= 15 is 0 Å². The van der Waals surface area contributed by atoms with Gasteiger partial charge in [0.15, 0.2) is 0 Å². The molecule has 152 valence electrons. The van der Waals surface area contributed by atoms with E-state index in [0.717, 1.165) is 18.0 Å². The molecule has 3 rings (SSSR count). The molecule has 7 nitrogen and oxygen atoms in total. The fourth-order valence-electron chi connectivity index (χ4n) is 2.85. The van der Waals surface area contributed by atoms with Gasteiger partial charge in [0.05, 0.1) is 10.6 Å². The van der Waals surface area contributed by atoms with Crippen LogP contribution in [0.25, 0.3) is 17.2 Å². The number of hydrogen-bond donors (Lipinski definition) is 3. The van der Waals surface area contributed by atoms with E-state index in [-0.39, 0.29) is 22.9 Å². The highest BCUT2D eigenvalue weighted by atomic mass is 32.2. The zero-order chi connectivity index (χ0) is 21.6. The van der Waals surface area contributed by atoms with Crippen molar-refractivity contribution in [3.8, 4) is 16.9 Å². The van der Waals surface area contributed by atoms with Crippen LogP contribution in [0, 0.1) is 10.8 Å². The van der Waals surface area contributed by atoms with Crippen LogP contribution in [0.5, 0.6) is 5.75 Å². The van der Waals surface area contributed by atoms with E-state index < -0.39 is 10.0 Å². The van der Waals surface area contributed by atoms with Crippen LogP contribution >= 0.6 is 0 Å². The normalized spacial score (nSPS) is 10.8. The third-order valence-electron chi connectivity index (χ3n) is 4.19. The van der Waals surface area contributed by atoms with Gasteiger partial charge in [-0.2, -0.15) is 0 Å². The summed E-state index contributed by atoms with van der Waals surface area (Å²) >= 11 is 0. The summed E-state index contributed by atoms with van der Waals surface area (Å²) in [6, 6.07) is 16.9. The number of hydrogen-bond acceptors (Lipinski definition) is 6. The zero-order valence-electron chi connectivity index (χ0n) is 16.0. The summed E-state index contributed by atoms with van der Waals surface area (Å²) in [6.45, 7) is 3.75. The van der Waals surface area contributed by atoms with Crippen molar-refractivity contribution >= 4 is 34.3 Å². The summed E-state index contributed by atoms with van der Waals surface area (Å²) < 4.78 is 33.8. The van der Waals surface area contributed by atoms with Crippen molar-refractivity contribution in [2.75, 3.05) is 11.3 Å². The number of nitrogens with zero attached hydrogens (tertiary/aromatic N) is 1. The number of ether oxygens (including phenoxy) is 1. The quantitative estimate of drug-likeness (QED) is 0.449. The number of benzene rings is 2. The zero-order valence-corrected chi connectivity index (χ0v) is 16.8. The summed E-state index contributed by atoms with van der Waals surface area (Å²) in [5.74, 6) is 0.730. The monoisotopic (exact) mass is 420 g/mol. The second kappa shape index (κ2) is 9.15. The lowest BCUT2D eigenvalue weighted by atomic mass is 10.0. The van der Waals surface area contributed by atoms with E-state index in [0.29, 0.717) is 17.0 Å². The van der Waals surface area contributed by atoms with Gasteiger partial charge in [0.2, 0.25) is 0 Å². The highest BCUT2D eigenvalue weighted by Crippen LogP contribution is 2.32. The van der Waals surface area contributed by atoms with Gasteiger partial charge in [-0.3, -0.25) is 4.72 Å². The minimum Gasteiger partial charge on any atom is -0.487 e. The van der Waals surface area contributed by atoms with Crippen LogP contribution in [-0.4, -0.2) is 32.4 Å². The van der Waals surface area contributed by atoms with Crippen LogP contribution in [0.3, 0.4) is 0 Å². The number of para-hydroxylation sites is 1. The molecule has 0 atom stereocenters. The first kappa shape index (κ1) is 20.9. The minimum atomic E-state index is -3.96. The van der Waals surface area contributed by atoms with E-state index in [1.165, 1.54) is 12.1 Å². The molecule has 0 saturated heterocycles. The summed E-state index contributed by atoms with van der Waals surface area (Å²) in [7, 11) is -3.96. The first-order chi connectivity index (χ1) is 14.5. The van der Waals surface area contributed by atoms with Crippen molar-refractivity contribution in [2.45, 2.75) is 4.90 Å². The third-order valence-corrected chi connectivity index (χ3v) is 5.62. The molecule has 1 heterocycles. The van der Waals surface area contributed by atoms with Crippen molar-refractivity contribution in [2.24, 2.45) is 0 Å². The SMILES string of the molecule is C=Cc1cccc(NS(=O)(=O)c2ccc(-c3ccccc3OCC=N)cc2C=N)n1. The molecule has 1 aromatic heterocycles. The van der Waals surface area contributed by atoms with Gasteiger partial charge in [-0.05, 0) is 42.0 Å². The second-order valence-corrected chi connectivity index (χ2v) is 7.82. The van der Waals surface area contributed by atoms with Crippen LogP contribution in [-0.2, 0) is 10.0 Å². The maximum Gasteiger partial charge on any atom is 0.263 e. The van der Waals surface area contributed by atoms with E-state index in [1.807, 2.05) is 18.2 Å². The largest absolute Gasteiger partial charge is 0.487 e. The first-order valence-corrected chi connectivity index (χ1v) is 10.4. The molecule has 0 fully saturated rings. The number of anilines is 1. The van der Waals surface area contributed by atoms with Crippen LogP contribution < -0.4 is 9.46 Å². The molecule has 2 aromatic carbocycles. The molecular formula is C22H20N4O3S. The van der Waals surface area contributed by atoms with Crippen molar-refractivity contribution in [3.63, 3.8) is 0 Å². The molecule has 0 saturated carbocycles. The molecule has 0 aliphatic rings. The molecule has 0 aliphatic heterocycles. The van der Waals surface area contributed by atoms with Crippen molar-refractivity contribution in [3.05, 3.63) is 78.5 Å². The highest BCUT2D eigenvalue weighted by Gasteiger charge is 2.20. The van der Waals surface area contributed by atoms with Crippen molar-refractivity contribution < 1.29 is 13.2 Å². The molecule has 30 heavy (non-hydrogen) atoms. The van der Waals surface area contributed by atoms with Gasteiger partial charge in [-0.1, -0.05) is 36.9 Å². The Labute approximate surface area is 175 Å². The predicted octanol–water partition coefficient (Wildman–Crippen LogP) is 4.22. The fraction of sp³-hybridized carbons (Fsp3) is 0.0455. The van der Waals surface area contributed by atoms with Gasteiger partial charge in [0.25, 0.3) is 10.0 Å². The lowest BCUT2D eigenvalue weighted by Gasteiger charge is -2.13. The third kappa shape index (κ3) is 4.61. The molecular weight excluding hydrogens is 400 g/mol. The highest BCUT2D eigenvalue weighted by molar-refractivity contribution is 7.92. The van der Waals surface area contributed by atoms with Gasteiger partial charge < -0.3 is 15.6 Å². The van der Waals surface area contributed by atoms with E-state index in [2.05, 4.69) is 16.3 Å². The second-order valence-electron chi connectivity index (χ2n) is 6.17. The van der Waals surface area contributed by atoms with Gasteiger partial charge in [-0.15, -0.1) is 0 Å². The summed E-state index contributed by atoms with van der Waals surface area (Å²) in [4.78, 5) is 4.13. The molecule has 0 amide bonds. The maximum atomic E-state index is 12.9. The summed E-state index contributed by atoms with van der Waals surface area (Å²) in [5.41, 5.74) is 2.20. The molecule has 0 bridgehead atoms. The van der Waals surface area contributed by atoms with Crippen LogP contribution in [0.2, 0.25) is 0 Å². The Morgan fingerprint density at radius 3 is 2.60 bits per heavy atom. The minimum absolute atomic E-state index is 0.0371. The topological polar surface area (TPSA) is 116 Å². The number of rotatable bonds is 9. The maximum absolute atomic E-state index is 12.9. The van der Waals surface area contributed by atoms with E-state index in [4.69, 9.17) is 15.6 Å². The Morgan fingerprint density at radius 2 is 1.87 bits per heavy atom. The van der Waals surface area contributed by atoms with Crippen LogP contribution in [0.15, 0.2) is 72.1 Å². The Bertz CT molecular complexity index is 1210. The standard InChI is InChI=1S/C22H20N4O3S/c1-2-18-6-5-9-22(25-18)26-30(27,28)21-11-10-16(14-17(21)15-24)19-7-3-4-8-20(19)29-13-12-23/h2-12,14-15,23-24H,1,13H2,(H,25,26). The molecule has 0 spiro atoms. The molecule has 3 aromatic rings. The van der Waals surface area contributed by atoms with Crippen molar-refractivity contribution in [1.29, 1.82) is 10.8 Å². The number of nitrogens with one attached hydrogen (secondary N) is 3. The predicted molar refractivity (Wildman–Crippen MR) is 119 cm³/mol. The van der Waals surface area contributed by atoms with E-state index in [1.54, 1.807) is 36.4 Å². The lowest BCUT2D eigenvalue weighted by Crippen LogP contribution is -2.16. The van der Waals surface area contributed by atoms with E-state index in [9.17, 15) is 8.42 Å². The fourth-order valence-corrected chi connectivity index (χ4v) is 4.02. The molecule has 3 N–H and O–H groups in total.